The van der Waals surface area contributed by atoms with Crippen molar-refractivity contribution < 1.29 is 4.79 Å². The lowest BCUT2D eigenvalue weighted by atomic mass is 10.1. The van der Waals surface area contributed by atoms with Crippen LogP contribution >= 0.6 is 0 Å². The number of Topliss-reactive ketones (excluding diaryl/α,β-unsaturated/α-hetero) is 1. The third-order valence-electron chi connectivity index (χ3n) is 2.25. The zero-order valence-electron chi connectivity index (χ0n) is 7.97. The van der Waals surface area contributed by atoms with Crippen molar-refractivity contribution in [2.24, 2.45) is 0 Å². The lowest BCUT2D eigenvalue weighted by Crippen LogP contribution is -2.28. The molecule has 1 saturated heterocycles. The van der Waals surface area contributed by atoms with Gasteiger partial charge in [0.05, 0.1) is 6.04 Å². The van der Waals surface area contributed by atoms with Crippen molar-refractivity contribution >= 4 is 5.78 Å². The first-order valence-electron chi connectivity index (χ1n) is 4.61. The molecule has 0 radical (unpaired) electrons. The van der Waals surface area contributed by atoms with E-state index in [0.29, 0.717) is 5.78 Å². The van der Waals surface area contributed by atoms with E-state index in [4.69, 9.17) is 0 Å². The molecule has 1 atom stereocenters. The summed E-state index contributed by atoms with van der Waals surface area (Å²) < 4.78 is 0. The average Bonchev–Trinajstić information content (AvgIpc) is 2.36. The Morgan fingerprint density at radius 2 is 2.33 bits per heavy atom. The maximum atomic E-state index is 11.2. The summed E-state index contributed by atoms with van der Waals surface area (Å²) in [6, 6.07) is 0.157. The minimum atomic E-state index is 0.157. The maximum absolute atomic E-state index is 11.2. The minimum Gasteiger partial charge on any atom is -0.309 e. The molecule has 1 heterocycles. The first-order chi connectivity index (χ1) is 5.70. The van der Waals surface area contributed by atoms with Gasteiger partial charge in [0.2, 0.25) is 0 Å². The van der Waals surface area contributed by atoms with E-state index in [2.05, 4.69) is 24.3 Å². The predicted molar refractivity (Wildman–Crippen MR) is 49.2 cm³/mol. The van der Waals surface area contributed by atoms with E-state index in [1.54, 1.807) is 0 Å². The lowest BCUT2D eigenvalue weighted by molar-refractivity contribution is -0.118. The number of carbonyl (C=O) groups excluding carboxylic acids is 1. The number of ketones is 1. The highest BCUT2D eigenvalue weighted by atomic mass is 16.1. The van der Waals surface area contributed by atoms with Crippen LogP contribution < -0.4 is 5.32 Å². The fourth-order valence-corrected chi connectivity index (χ4v) is 1.53. The SMILES string of the molecule is CN(C)CCCC1NCCC1=O. The topological polar surface area (TPSA) is 32.3 Å². The van der Waals surface area contributed by atoms with Crippen molar-refractivity contribution in [1.82, 2.24) is 10.2 Å². The summed E-state index contributed by atoms with van der Waals surface area (Å²) in [6.45, 7) is 1.96. The second kappa shape index (κ2) is 4.58. The molecule has 0 amide bonds. The van der Waals surface area contributed by atoms with Gasteiger partial charge in [-0.3, -0.25) is 4.79 Å². The molecule has 1 N–H and O–H groups in total. The highest BCUT2D eigenvalue weighted by molar-refractivity contribution is 5.86. The summed E-state index contributed by atoms with van der Waals surface area (Å²) in [5.74, 6) is 0.397. The Hall–Kier alpha value is -0.410. The van der Waals surface area contributed by atoms with Crippen LogP contribution in [0.1, 0.15) is 19.3 Å². The third kappa shape index (κ3) is 2.91. The van der Waals surface area contributed by atoms with Gasteiger partial charge in [0.25, 0.3) is 0 Å². The molecule has 1 aliphatic rings. The van der Waals surface area contributed by atoms with E-state index in [-0.39, 0.29) is 6.04 Å². The quantitative estimate of drug-likeness (QED) is 0.657. The second-order valence-electron chi connectivity index (χ2n) is 3.67. The summed E-state index contributed by atoms with van der Waals surface area (Å²) in [4.78, 5) is 13.3. The van der Waals surface area contributed by atoms with Crippen LogP contribution in [0.25, 0.3) is 0 Å². The van der Waals surface area contributed by atoms with Gasteiger partial charge in [0.15, 0.2) is 5.78 Å². The second-order valence-corrected chi connectivity index (χ2v) is 3.67. The summed E-state index contributed by atoms with van der Waals surface area (Å²) >= 11 is 0. The first-order valence-corrected chi connectivity index (χ1v) is 4.61. The summed E-state index contributed by atoms with van der Waals surface area (Å²) in [5.41, 5.74) is 0. The number of rotatable bonds is 4. The van der Waals surface area contributed by atoms with Crippen LogP contribution in [-0.2, 0) is 4.79 Å². The Labute approximate surface area is 74.1 Å². The van der Waals surface area contributed by atoms with Crippen LogP contribution in [0.2, 0.25) is 0 Å². The van der Waals surface area contributed by atoms with Gasteiger partial charge >= 0.3 is 0 Å². The Bertz CT molecular complexity index is 157. The molecule has 0 saturated carbocycles. The fraction of sp³-hybridized carbons (Fsp3) is 0.889. The van der Waals surface area contributed by atoms with Crippen LogP contribution in [0.3, 0.4) is 0 Å². The summed E-state index contributed by atoms with van der Waals surface area (Å²) in [6.07, 6.45) is 2.83. The van der Waals surface area contributed by atoms with Crippen molar-refractivity contribution in [2.45, 2.75) is 25.3 Å². The van der Waals surface area contributed by atoms with Gasteiger partial charge in [0, 0.05) is 13.0 Å². The van der Waals surface area contributed by atoms with Gasteiger partial charge in [-0.1, -0.05) is 0 Å². The third-order valence-corrected chi connectivity index (χ3v) is 2.25. The van der Waals surface area contributed by atoms with E-state index in [1.165, 1.54) is 0 Å². The van der Waals surface area contributed by atoms with Crippen LogP contribution in [0.5, 0.6) is 0 Å². The van der Waals surface area contributed by atoms with E-state index in [1.807, 2.05) is 0 Å². The van der Waals surface area contributed by atoms with Crippen molar-refractivity contribution in [3.8, 4) is 0 Å². The highest BCUT2D eigenvalue weighted by Crippen LogP contribution is 2.07. The normalized spacial score (nSPS) is 23.9. The lowest BCUT2D eigenvalue weighted by Gasteiger charge is -2.11. The molecule has 1 aliphatic heterocycles. The van der Waals surface area contributed by atoms with Crippen LogP contribution in [0.15, 0.2) is 0 Å². The fourth-order valence-electron chi connectivity index (χ4n) is 1.53. The Balaban J connectivity index is 2.10. The zero-order valence-corrected chi connectivity index (χ0v) is 7.97. The smallest absolute Gasteiger partial charge is 0.151 e. The standard InChI is InChI=1S/C9H18N2O/c1-11(2)7-3-4-8-9(12)5-6-10-8/h8,10H,3-7H2,1-2H3. The summed E-state index contributed by atoms with van der Waals surface area (Å²) in [7, 11) is 4.12. The van der Waals surface area contributed by atoms with Crippen LogP contribution in [0.4, 0.5) is 0 Å². The van der Waals surface area contributed by atoms with E-state index in [0.717, 1.165) is 32.4 Å². The minimum absolute atomic E-state index is 0.157. The first kappa shape index (κ1) is 9.68. The van der Waals surface area contributed by atoms with Gasteiger partial charge in [-0.25, -0.2) is 0 Å². The number of nitrogens with zero attached hydrogens (tertiary/aromatic N) is 1. The monoisotopic (exact) mass is 170 g/mol. The van der Waals surface area contributed by atoms with Crippen molar-refractivity contribution in [2.75, 3.05) is 27.2 Å². The predicted octanol–water partition coefficient (Wildman–Crippen LogP) is 0.259. The summed E-state index contributed by atoms with van der Waals surface area (Å²) in [5, 5.41) is 3.21. The van der Waals surface area contributed by atoms with Gasteiger partial charge in [-0.05, 0) is 33.5 Å². The van der Waals surface area contributed by atoms with Crippen molar-refractivity contribution in [3.63, 3.8) is 0 Å². The molecule has 0 bridgehead atoms. The van der Waals surface area contributed by atoms with E-state index in [9.17, 15) is 4.79 Å². The molecule has 3 nitrogen and oxygen atoms in total. The molecule has 3 heteroatoms. The van der Waals surface area contributed by atoms with Gasteiger partial charge in [0.1, 0.15) is 0 Å². The number of hydrogen-bond donors (Lipinski definition) is 1. The number of carbonyl (C=O) groups is 1. The number of nitrogens with one attached hydrogen (secondary N) is 1. The van der Waals surface area contributed by atoms with Crippen LogP contribution in [-0.4, -0.2) is 43.9 Å². The van der Waals surface area contributed by atoms with Gasteiger partial charge in [-0.15, -0.1) is 0 Å². The van der Waals surface area contributed by atoms with Crippen molar-refractivity contribution in [3.05, 3.63) is 0 Å². The molecular weight excluding hydrogens is 152 g/mol. The van der Waals surface area contributed by atoms with Gasteiger partial charge < -0.3 is 10.2 Å². The van der Waals surface area contributed by atoms with Crippen LogP contribution in [0, 0.1) is 0 Å². The largest absolute Gasteiger partial charge is 0.309 e. The Morgan fingerprint density at radius 3 is 2.83 bits per heavy atom. The average molecular weight is 170 g/mol. The molecule has 1 unspecified atom stereocenters. The molecule has 0 aromatic heterocycles. The van der Waals surface area contributed by atoms with E-state index >= 15 is 0 Å². The maximum Gasteiger partial charge on any atom is 0.151 e. The zero-order chi connectivity index (χ0) is 8.97. The molecule has 70 valence electrons. The molecule has 0 aromatic rings. The molecule has 1 fully saturated rings. The van der Waals surface area contributed by atoms with Crippen molar-refractivity contribution in [1.29, 1.82) is 0 Å². The molecule has 1 rings (SSSR count). The van der Waals surface area contributed by atoms with E-state index < -0.39 is 0 Å². The molecule has 0 aliphatic carbocycles. The highest BCUT2D eigenvalue weighted by Gasteiger charge is 2.22. The molecule has 0 aromatic carbocycles. The molecule has 0 spiro atoms. The Morgan fingerprint density at radius 1 is 1.58 bits per heavy atom. The molecule has 12 heavy (non-hydrogen) atoms. The molecular formula is C9H18N2O. The number of hydrogen-bond acceptors (Lipinski definition) is 3. The van der Waals surface area contributed by atoms with Gasteiger partial charge in [-0.2, -0.15) is 0 Å². The Kier molecular flexibility index (Phi) is 3.69.